The zero-order chi connectivity index (χ0) is 31.3. The third kappa shape index (κ3) is 34.3. The number of aliphatic hydroxyl groups excluding tert-OH is 1. The van der Waals surface area contributed by atoms with Gasteiger partial charge in [-0.25, -0.2) is 9.59 Å². The average Bonchev–Trinajstić information content (AvgIpc) is 2.70. The molecule has 0 saturated heterocycles. The van der Waals surface area contributed by atoms with Gasteiger partial charge < -0.3 is 54.9 Å². The second-order valence-electron chi connectivity index (χ2n) is 8.37. The van der Waals surface area contributed by atoms with E-state index in [1.807, 2.05) is 21.1 Å². The standard InChI is InChI=1S/C11H19NO7.C4H6O4.C4H8O3.C2H4O2/c1-12(2,3)4-5-19-9(15)7-11(18,10(16)17)6-8(13)14;5-3(6)1-2-4(7)8;1-2-3(5)4(6)7;1-2(3)4/h18H,4-7H2,1-3H3,(H-,13,14,16,17);1-2H2,(H,5,6)(H,7,8);3,5H,2H2,1H3,(H,6,7);1H3,(H,3,4). The minimum Gasteiger partial charge on any atom is -0.550 e. The zero-order valence-electron chi connectivity index (χ0n) is 21.8. The lowest BCUT2D eigenvalue weighted by Crippen LogP contribution is -2.43. The number of aliphatic carboxylic acids is 6. The molecular formula is C21H37NO16. The number of ether oxygens (including phenoxy) is 1. The number of hydrogen-bond donors (Lipinski definition) is 7. The predicted octanol–water partition coefficient (Wildman–Crippen LogP) is -2.55. The Morgan fingerprint density at radius 2 is 1.32 bits per heavy atom. The van der Waals surface area contributed by atoms with Crippen molar-refractivity contribution in [3.8, 4) is 0 Å². The van der Waals surface area contributed by atoms with Crippen molar-refractivity contribution in [3.63, 3.8) is 0 Å². The Labute approximate surface area is 218 Å². The van der Waals surface area contributed by atoms with Crippen LogP contribution in [0.4, 0.5) is 0 Å². The number of quaternary nitrogens is 1. The number of hydrogen-bond acceptors (Lipinski definition) is 11. The van der Waals surface area contributed by atoms with Crippen LogP contribution >= 0.6 is 0 Å². The van der Waals surface area contributed by atoms with E-state index in [0.29, 0.717) is 11.0 Å². The van der Waals surface area contributed by atoms with E-state index in [-0.39, 0.29) is 19.4 Å². The highest BCUT2D eigenvalue weighted by molar-refractivity contribution is 5.88. The van der Waals surface area contributed by atoms with Crippen LogP contribution in [0.5, 0.6) is 0 Å². The molecule has 0 aromatic rings. The predicted molar refractivity (Wildman–Crippen MR) is 122 cm³/mol. The molecule has 0 radical (unpaired) electrons. The van der Waals surface area contributed by atoms with E-state index in [1.165, 1.54) is 0 Å². The van der Waals surface area contributed by atoms with Crippen molar-refractivity contribution in [2.45, 2.75) is 57.7 Å². The molecule has 222 valence electrons. The Balaban J connectivity index is -0.000000249. The van der Waals surface area contributed by atoms with Gasteiger partial charge in [-0.05, 0) is 12.8 Å². The SMILES string of the molecule is CC(=O)O.CCC(O)C(=O)O.C[N+](C)(C)CCOC(=O)CC(O)(CC(=O)O)C(=O)O.O=C([O-])CCC(=O)O. The Hall–Kier alpha value is -3.83. The highest BCUT2D eigenvalue weighted by atomic mass is 16.5. The third-order valence-corrected chi connectivity index (χ3v) is 3.52. The quantitative estimate of drug-likeness (QED) is 0.0902. The largest absolute Gasteiger partial charge is 0.550 e. The van der Waals surface area contributed by atoms with E-state index in [2.05, 4.69) is 0 Å². The normalized spacial score (nSPS) is 12.2. The van der Waals surface area contributed by atoms with Crippen molar-refractivity contribution < 1.29 is 83.6 Å². The Morgan fingerprint density at radius 1 is 0.868 bits per heavy atom. The van der Waals surface area contributed by atoms with Crippen molar-refractivity contribution in [2.75, 3.05) is 34.3 Å². The lowest BCUT2D eigenvalue weighted by molar-refractivity contribution is -0.870. The summed E-state index contributed by atoms with van der Waals surface area (Å²) in [7, 11) is 5.64. The summed E-state index contributed by atoms with van der Waals surface area (Å²) in [4.78, 5) is 70.5. The average molecular weight is 560 g/mol. The molecule has 7 N–H and O–H groups in total. The first-order chi connectivity index (χ1) is 17.0. The number of nitrogens with zero attached hydrogens (tertiary/aromatic N) is 1. The van der Waals surface area contributed by atoms with Gasteiger partial charge in [0.15, 0.2) is 11.7 Å². The molecule has 0 aliphatic heterocycles. The van der Waals surface area contributed by atoms with E-state index in [0.717, 1.165) is 6.92 Å². The molecule has 0 saturated carbocycles. The summed E-state index contributed by atoms with van der Waals surface area (Å²) in [6.45, 7) is 3.26. The molecule has 2 atom stereocenters. The van der Waals surface area contributed by atoms with Crippen molar-refractivity contribution in [3.05, 3.63) is 0 Å². The molecule has 17 heteroatoms. The van der Waals surface area contributed by atoms with Gasteiger partial charge in [0, 0.05) is 12.9 Å². The lowest BCUT2D eigenvalue weighted by Gasteiger charge is -2.24. The minimum atomic E-state index is -2.64. The number of carbonyl (C=O) groups is 7. The number of esters is 1. The van der Waals surface area contributed by atoms with Crippen LogP contribution in [0, 0.1) is 0 Å². The van der Waals surface area contributed by atoms with Gasteiger partial charge in [-0.1, -0.05) is 6.92 Å². The second kappa shape index (κ2) is 21.3. The van der Waals surface area contributed by atoms with Crippen LogP contribution in [0.1, 0.15) is 46.0 Å². The highest BCUT2D eigenvalue weighted by Crippen LogP contribution is 2.17. The van der Waals surface area contributed by atoms with Gasteiger partial charge in [-0.15, -0.1) is 0 Å². The fraction of sp³-hybridized carbons (Fsp3) is 0.667. The number of carbonyl (C=O) groups excluding carboxylic acids is 2. The van der Waals surface area contributed by atoms with Gasteiger partial charge in [-0.3, -0.25) is 19.2 Å². The van der Waals surface area contributed by atoms with Crippen molar-refractivity contribution in [1.29, 1.82) is 0 Å². The van der Waals surface area contributed by atoms with Gasteiger partial charge in [0.05, 0.1) is 40.4 Å². The second-order valence-corrected chi connectivity index (χ2v) is 8.37. The molecule has 0 aliphatic rings. The summed E-state index contributed by atoms with van der Waals surface area (Å²) in [5.41, 5.74) is -2.64. The molecule has 17 nitrogen and oxygen atoms in total. The summed E-state index contributed by atoms with van der Waals surface area (Å²) < 4.78 is 5.32. The molecule has 0 heterocycles. The summed E-state index contributed by atoms with van der Waals surface area (Å²) >= 11 is 0. The van der Waals surface area contributed by atoms with Gasteiger partial charge in [0.1, 0.15) is 13.2 Å². The number of likely N-dealkylation sites (N-methyl/N-ethyl adjacent to an activating group) is 1. The number of rotatable bonds is 13. The molecule has 0 fully saturated rings. The Morgan fingerprint density at radius 3 is 1.53 bits per heavy atom. The van der Waals surface area contributed by atoms with Crippen LogP contribution in [-0.4, -0.2) is 128 Å². The fourth-order valence-corrected chi connectivity index (χ4v) is 1.57. The molecule has 0 aliphatic carbocycles. The maximum absolute atomic E-state index is 11.4. The first-order valence-electron chi connectivity index (χ1n) is 10.7. The maximum atomic E-state index is 11.4. The topological polar surface area (TPSA) is 293 Å². The van der Waals surface area contributed by atoms with Gasteiger partial charge in [0.25, 0.3) is 5.97 Å². The van der Waals surface area contributed by atoms with Crippen LogP contribution in [0.2, 0.25) is 0 Å². The molecular weight excluding hydrogens is 522 g/mol. The summed E-state index contributed by atoms with van der Waals surface area (Å²) in [5, 5.41) is 68.0. The number of carboxylic acids is 6. The molecule has 0 bridgehead atoms. The van der Waals surface area contributed by atoms with Gasteiger partial charge >= 0.3 is 29.8 Å². The molecule has 0 amide bonds. The smallest absolute Gasteiger partial charge is 0.336 e. The molecule has 0 aromatic carbocycles. The number of aliphatic hydroxyl groups is 2. The van der Waals surface area contributed by atoms with E-state index in [9.17, 15) is 39.0 Å². The molecule has 2 unspecified atom stereocenters. The zero-order valence-corrected chi connectivity index (χ0v) is 21.8. The first kappa shape index (κ1) is 41.3. The van der Waals surface area contributed by atoms with Gasteiger partial charge in [-0.2, -0.15) is 0 Å². The summed E-state index contributed by atoms with van der Waals surface area (Å²) in [5.74, 6) is -8.65. The Kier molecular flexibility index (Phi) is 23.1. The van der Waals surface area contributed by atoms with Gasteiger partial charge in [0.2, 0.25) is 0 Å². The highest BCUT2D eigenvalue weighted by Gasteiger charge is 2.41. The monoisotopic (exact) mass is 559 g/mol. The fourth-order valence-electron chi connectivity index (χ4n) is 1.57. The van der Waals surface area contributed by atoms with Crippen molar-refractivity contribution in [2.24, 2.45) is 0 Å². The van der Waals surface area contributed by atoms with Crippen LogP contribution in [0.25, 0.3) is 0 Å². The number of carboxylic acid groups (broad SMARTS) is 6. The van der Waals surface area contributed by atoms with E-state index < -0.39 is 72.8 Å². The van der Waals surface area contributed by atoms with E-state index in [1.54, 1.807) is 6.92 Å². The first-order valence-corrected chi connectivity index (χ1v) is 10.7. The van der Waals surface area contributed by atoms with Crippen molar-refractivity contribution in [1.82, 2.24) is 0 Å². The molecule has 0 aromatic heterocycles. The van der Waals surface area contributed by atoms with Crippen molar-refractivity contribution >= 4 is 41.8 Å². The van der Waals surface area contributed by atoms with Crippen LogP contribution < -0.4 is 5.11 Å². The third-order valence-electron chi connectivity index (χ3n) is 3.52. The minimum absolute atomic E-state index is 0.0606. The lowest BCUT2D eigenvalue weighted by atomic mass is 9.96. The molecule has 0 rings (SSSR count). The van der Waals surface area contributed by atoms with Crippen LogP contribution in [0.3, 0.4) is 0 Å². The summed E-state index contributed by atoms with van der Waals surface area (Å²) in [6.07, 6.45) is -3.63. The summed E-state index contributed by atoms with van der Waals surface area (Å²) in [6, 6.07) is 0. The van der Waals surface area contributed by atoms with Crippen LogP contribution in [-0.2, 0) is 38.3 Å². The maximum Gasteiger partial charge on any atom is 0.336 e. The molecule has 38 heavy (non-hydrogen) atoms. The molecule has 0 spiro atoms. The Bertz CT molecular complexity index is 771. The van der Waals surface area contributed by atoms with Crippen LogP contribution in [0.15, 0.2) is 0 Å². The van der Waals surface area contributed by atoms with E-state index >= 15 is 0 Å². The van der Waals surface area contributed by atoms with E-state index in [4.69, 9.17) is 40.2 Å².